The molecule has 4 nitrogen and oxygen atoms in total. The number of carbonyl (C=O) groups excluding carboxylic acids is 1. The summed E-state index contributed by atoms with van der Waals surface area (Å²) >= 11 is 6.00. The molecule has 1 aliphatic heterocycles. The number of ether oxygens (including phenoxy) is 1. The third-order valence-corrected chi connectivity index (χ3v) is 3.52. The monoisotopic (exact) mass is 310 g/mol. The van der Waals surface area contributed by atoms with Gasteiger partial charge in [-0.05, 0) is 44.9 Å². The van der Waals surface area contributed by atoms with Crippen LogP contribution in [0.1, 0.15) is 32.8 Å². The van der Waals surface area contributed by atoms with Crippen molar-refractivity contribution in [1.82, 2.24) is 10.2 Å². The first-order valence-electron chi connectivity index (χ1n) is 7.28. The SMILES string of the molecule is CC(C)(C)OC(=O)N[C@H]1CCN(Cc2cccc(Cl)c2)C1. The van der Waals surface area contributed by atoms with Crippen LogP contribution in [0.2, 0.25) is 5.02 Å². The average molecular weight is 311 g/mol. The molecule has 2 rings (SSSR count). The first kappa shape index (κ1) is 16.1. The molecule has 21 heavy (non-hydrogen) atoms. The minimum Gasteiger partial charge on any atom is -0.444 e. The van der Waals surface area contributed by atoms with Crippen molar-refractivity contribution in [3.05, 3.63) is 34.9 Å². The third-order valence-electron chi connectivity index (χ3n) is 3.29. The molecule has 1 N–H and O–H groups in total. The van der Waals surface area contributed by atoms with Gasteiger partial charge in [0.25, 0.3) is 0 Å². The van der Waals surface area contributed by atoms with Gasteiger partial charge in [-0.1, -0.05) is 23.7 Å². The second kappa shape index (κ2) is 6.67. The highest BCUT2D eigenvalue weighted by Crippen LogP contribution is 2.17. The minimum absolute atomic E-state index is 0.152. The Kier molecular flexibility index (Phi) is 5.12. The predicted molar refractivity (Wildman–Crippen MR) is 84.5 cm³/mol. The largest absolute Gasteiger partial charge is 0.444 e. The van der Waals surface area contributed by atoms with Crippen molar-refractivity contribution >= 4 is 17.7 Å². The number of hydrogen-bond acceptors (Lipinski definition) is 3. The Morgan fingerprint density at radius 3 is 2.90 bits per heavy atom. The Morgan fingerprint density at radius 2 is 2.24 bits per heavy atom. The number of hydrogen-bond donors (Lipinski definition) is 1. The molecule has 0 unspecified atom stereocenters. The van der Waals surface area contributed by atoms with Crippen LogP contribution in [0, 0.1) is 0 Å². The molecule has 0 radical (unpaired) electrons. The maximum Gasteiger partial charge on any atom is 0.407 e. The van der Waals surface area contributed by atoms with Crippen molar-refractivity contribution in [2.75, 3.05) is 13.1 Å². The van der Waals surface area contributed by atoms with E-state index < -0.39 is 5.60 Å². The number of likely N-dealkylation sites (tertiary alicyclic amines) is 1. The van der Waals surface area contributed by atoms with E-state index in [1.807, 2.05) is 39.0 Å². The molecule has 1 saturated heterocycles. The van der Waals surface area contributed by atoms with Gasteiger partial charge in [-0.3, -0.25) is 4.90 Å². The van der Waals surface area contributed by atoms with Gasteiger partial charge in [0.2, 0.25) is 0 Å². The number of halogens is 1. The highest BCUT2D eigenvalue weighted by molar-refractivity contribution is 6.30. The van der Waals surface area contributed by atoms with Crippen LogP contribution in [-0.2, 0) is 11.3 Å². The van der Waals surface area contributed by atoms with E-state index in [2.05, 4.69) is 16.3 Å². The molecule has 0 aromatic heterocycles. The summed E-state index contributed by atoms with van der Waals surface area (Å²) in [6, 6.07) is 8.04. The van der Waals surface area contributed by atoms with Crippen molar-refractivity contribution in [2.45, 2.75) is 45.4 Å². The summed E-state index contributed by atoms with van der Waals surface area (Å²) in [6.07, 6.45) is 0.608. The molecule has 1 aromatic rings. The van der Waals surface area contributed by atoms with E-state index >= 15 is 0 Å². The van der Waals surface area contributed by atoms with Gasteiger partial charge in [0.1, 0.15) is 5.60 Å². The number of amides is 1. The fourth-order valence-corrected chi connectivity index (χ4v) is 2.67. The number of benzene rings is 1. The Morgan fingerprint density at radius 1 is 1.48 bits per heavy atom. The summed E-state index contributed by atoms with van der Waals surface area (Å²) in [5, 5.41) is 3.69. The van der Waals surface area contributed by atoms with Crippen molar-refractivity contribution in [1.29, 1.82) is 0 Å². The maximum atomic E-state index is 11.8. The summed E-state index contributed by atoms with van der Waals surface area (Å²) < 4.78 is 5.28. The van der Waals surface area contributed by atoms with Crippen LogP contribution in [0.4, 0.5) is 4.79 Å². The lowest BCUT2D eigenvalue weighted by Crippen LogP contribution is -2.40. The smallest absolute Gasteiger partial charge is 0.407 e. The lowest BCUT2D eigenvalue weighted by molar-refractivity contribution is 0.0506. The molecular weight excluding hydrogens is 288 g/mol. The number of nitrogens with one attached hydrogen (secondary N) is 1. The Hall–Kier alpha value is -1.26. The number of rotatable bonds is 3. The Bertz CT molecular complexity index is 499. The summed E-state index contributed by atoms with van der Waals surface area (Å²) in [6.45, 7) is 8.26. The van der Waals surface area contributed by atoms with Gasteiger partial charge in [-0.2, -0.15) is 0 Å². The van der Waals surface area contributed by atoms with Crippen molar-refractivity contribution in [2.24, 2.45) is 0 Å². The lowest BCUT2D eigenvalue weighted by atomic mass is 10.2. The molecule has 1 aliphatic rings. The minimum atomic E-state index is -0.455. The first-order valence-corrected chi connectivity index (χ1v) is 7.66. The molecule has 1 heterocycles. The zero-order valence-electron chi connectivity index (χ0n) is 12.9. The molecule has 1 aromatic carbocycles. The van der Waals surface area contributed by atoms with Crippen LogP contribution < -0.4 is 5.32 Å². The predicted octanol–water partition coefficient (Wildman–Crippen LogP) is 3.44. The molecule has 116 valence electrons. The van der Waals surface area contributed by atoms with E-state index in [0.29, 0.717) is 0 Å². The van der Waals surface area contributed by atoms with Crippen molar-refractivity contribution < 1.29 is 9.53 Å². The lowest BCUT2D eigenvalue weighted by Gasteiger charge is -2.22. The zero-order chi connectivity index (χ0) is 15.5. The van der Waals surface area contributed by atoms with Gasteiger partial charge in [0.05, 0.1) is 0 Å². The molecular formula is C16H23ClN2O2. The van der Waals surface area contributed by atoms with Crippen molar-refractivity contribution in [3.63, 3.8) is 0 Å². The Balaban J connectivity index is 1.80. The molecule has 1 amide bonds. The van der Waals surface area contributed by atoms with E-state index in [-0.39, 0.29) is 12.1 Å². The second-order valence-electron chi connectivity index (χ2n) is 6.50. The van der Waals surface area contributed by atoms with Crippen LogP contribution in [0.25, 0.3) is 0 Å². The molecule has 0 aliphatic carbocycles. The highest BCUT2D eigenvalue weighted by Gasteiger charge is 2.26. The molecule has 0 spiro atoms. The number of carbonyl (C=O) groups is 1. The topological polar surface area (TPSA) is 41.6 Å². The maximum absolute atomic E-state index is 11.8. The normalized spacial score (nSPS) is 19.5. The van der Waals surface area contributed by atoms with E-state index in [1.54, 1.807) is 0 Å². The van der Waals surface area contributed by atoms with Gasteiger partial charge in [0.15, 0.2) is 0 Å². The first-order chi connectivity index (χ1) is 9.82. The molecule has 0 saturated carbocycles. The summed E-state index contributed by atoms with van der Waals surface area (Å²) in [7, 11) is 0. The quantitative estimate of drug-likeness (QED) is 0.930. The van der Waals surface area contributed by atoms with Gasteiger partial charge >= 0.3 is 6.09 Å². The van der Waals surface area contributed by atoms with Crippen LogP contribution in [-0.4, -0.2) is 35.7 Å². The van der Waals surface area contributed by atoms with Crippen molar-refractivity contribution in [3.8, 4) is 0 Å². The molecule has 0 bridgehead atoms. The Labute approximate surface area is 131 Å². The van der Waals surface area contributed by atoms with E-state index in [0.717, 1.165) is 31.1 Å². The average Bonchev–Trinajstić information content (AvgIpc) is 2.73. The number of nitrogens with zero attached hydrogens (tertiary/aromatic N) is 1. The molecule has 1 fully saturated rings. The standard InChI is InChI=1S/C16H23ClN2O2/c1-16(2,3)21-15(20)18-14-7-8-19(11-14)10-12-5-4-6-13(17)9-12/h4-6,9,14H,7-8,10-11H2,1-3H3,(H,18,20)/t14-/m0/s1. The van der Waals surface area contributed by atoms with E-state index in [1.165, 1.54) is 5.56 Å². The van der Waals surface area contributed by atoms with Crippen LogP contribution in [0.15, 0.2) is 24.3 Å². The van der Waals surface area contributed by atoms with Gasteiger partial charge in [0, 0.05) is 30.7 Å². The summed E-state index contributed by atoms with van der Waals surface area (Å²) in [5.74, 6) is 0. The van der Waals surface area contributed by atoms with E-state index in [4.69, 9.17) is 16.3 Å². The van der Waals surface area contributed by atoms with E-state index in [9.17, 15) is 4.79 Å². The fraction of sp³-hybridized carbons (Fsp3) is 0.562. The third kappa shape index (κ3) is 5.56. The highest BCUT2D eigenvalue weighted by atomic mass is 35.5. The van der Waals surface area contributed by atoms with Crippen LogP contribution in [0.3, 0.4) is 0 Å². The second-order valence-corrected chi connectivity index (χ2v) is 6.93. The van der Waals surface area contributed by atoms with Gasteiger partial charge in [-0.25, -0.2) is 4.79 Å². The summed E-state index contributed by atoms with van der Waals surface area (Å²) in [5.41, 5.74) is 0.740. The van der Waals surface area contributed by atoms with Gasteiger partial charge in [-0.15, -0.1) is 0 Å². The number of alkyl carbamates (subject to hydrolysis) is 1. The molecule has 1 atom stereocenters. The molecule has 5 heteroatoms. The summed E-state index contributed by atoms with van der Waals surface area (Å²) in [4.78, 5) is 14.1. The van der Waals surface area contributed by atoms with Gasteiger partial charge < -0.3 is 10.1 Å². The van der Waals surface area contributed by atoms with Crippen LogP contribution >= 0.6 is 11.6 Å². The zero-order valence-corrected chi connectivity index (χ0v) is 13.6. The van der Waals surface area contributed by atoms with Crippen LogP contribution in [0.5, 0.6) is 0 Å². The fourth-order valence-electron chi connectivity index (χ4n) is 2.46.